The van der Waals surface area contributed by atoms with Crippen LogP contribution in [0.2, 0.25) is 0 Å². The first kappa shape index (κ1) is 16.9. The van der Waals surface area contributed by atoms with Crippen molar-refractivity contribution in [3.63, 3.8) is 0 Å². The van der Waals surface area contributed by atoms with E-state index in [4.69, 9.17) is 5.26 Å². The van der Waals surface area contributed by atoms with Gasteiger partial charge in [-0.15, -0.1) is 0 Å². The number of piperidine rings is 1. The smallest absolute Gasteiger partial charge is 0.225 e. The van der Waals surface area contributed by atoms with E-state index in [2.05, 4.69) is 26.3 Å². The van der Waals surface area contributed by atoms with Crippen LogP contribution in [-0.2, 0) is 4.79 Å². The van der Waals surface area contributed by atoms with Crippen molar-refractivity contribution in [2.45, 2.75) is 25.8 Å². The highest BCUT2D eigenvalue weighted by molar-refractivity contribution is 5.79. The lowest BCUT2D eigenvalue weighted by atomic mass is 9.95. The van der Waals surface area contributed by atoms with Gasteiger partial charge in [0.1, 0.15) is 0 Å². The Kier molecular flexibility index (Phi) is 5.24. The fourth-order valence-electron chi connectivity index (χ4n) is 3.06. The number of aromatic nitrogens is 2. The second kappa shape index (κ2) is 7.75. The van der Waals surface area contributed by atoms with E-state index in [1.165, 1.54) is 0 Å². The Morgan fingerprint density at radius 2 is 1.88 bits per heavy atom. The summed E-state index contributed by atoms with van der Waals surface area (Å²) < 4.78 is 0. The van der Waals surface area contributed by atoms with Gasteiger partial charge in [0.2, 0.25) is 11.9 Å². The molecule has 128 valence electrons. The third kappa shape index (κ3) is 4.13. The van der Waals surface area contributed by atoms with Gasteiger partial charge in [-0.1, -0.05) is 12.1 Å². The summed E-state index contributed by atoms with van der Waals surface area (Å²) in [5.74, 6) is 0.832. The van der Waals surface area contributed by atoms with E-state index in [9.17, 15) is 4.79 Å². The zero-order valence-corrected chi connectivity index (χ0v) is 14.2. The monoisotopic (exact) mass is 335 g/mol. The van der Waals surface area contributed by atoms with Crippen LogP contribution >= 0.6 is 0 Å². The van der Waals surface area contributed by atoms with Gasteiger partial charge in [-0.05, 0) is 43.5 Å². The molecule has 6 nitrogen and oxygen atoms in total. The zero-order valence-electron chi connectivity index (χ0n) is 14.2. The standard InChI is InChI=1S/C19H21N5O/c1-14(16-5-3-15(13-20)4-6-16)23-18(25)17-7-11-24(12-8-17)19-21-9-2-10-22-19/h2-6,9-10,14,17H,7-8,11-12H2,1H3,(H,23,25)/t14-/m1/s1. The van der Waals surface area contributed by atoms with Crippen LogP contribution in [0.4, 0.5) is 5.95 Å². The van der Waals surface area contributed by atoms with Gasteiger partial charge in [0.05, 0.1) is 17.7 Å². The molecule has 1 fully saturated rings. The minimum absolute atomic E-state index is 0.0146. The number of amides is 1. The van der Waals surface area contributed by atoms with Gasteiger partial charge in [-0.25, -0.2) is 9.97 Å². The van der Waals surface area contributed by atoms with Gasteiger partial charge in [0.15, 0.2) is 0 Å². The number of nitrogens with one attached hydrogen (secondary N) is 1. The number of hydrogen-bond acceptors (Lipinski definition) is 5. The van der Waals surface area contributed by atoms with Crippen molar-refractivity contribution in [2.75, 3.05) is 18.0 Å². The Labute approximate surface area is 147 Å². The summed E-state index contributed by atoms with van der Waals surface area (Å²) in [4.78, 5) is 23.2. The van der Waals surface area contributed by atoms with Gasteiger partial charge in [-0.2, -0.15) is 5.26 Å². The van der Waals surface area contributed by atoms with Crippen LogP contribution in [0.3, 0.4) is 0 Å². The summed E-state index contributed by atoms with van der Waals surface area (Å²) in [6.45, 7) is 3.53. The summed E-state index contributed by atoms with van der Waals surface area (Å²) in [6.07, 6.45) is 5.06. The molecule has 0 bridgehead atoms. The molecule has 1 aromatic heterocycles. The highest BCUT2D eigenvalue weighted by Crippen LogP contribution is 2.22. The van der Waals surface area contributed by atoms with Crippen molar-refractivity contribution in [1.29, 1.82) is 5.26 Å². The molecular formula is C19H21N5O. The Balaban J connectivity index is 1.53. The Morgan fingerprint density at radius 1 is 1.24 bits per heavy atom. The molecule has 1 saturated heterocycles. The fraction of sp³-hybridized carbons (Fsp3) is 0.368. The molecule has 0 radical (unpaired) electrons. The number of benzene rings is 1. The fourth-order valence-corrected chi connectivity index (χ4v) is 3.06. The number of carbonyl (C=O) groups excluding carboxylic acids is 1. The lowest BCUT2D eigenvalue weighted by Gasteiger charge is -2.31. The van der Waals surface area contributed by atoms with E-state index in [1.54, 1.807) is 30.6 Å². The van der Waals surface area contributed by atoms with Crippen molar-refractivity contribution in [3.05, 3.63) is 53.9 Å². The van der Waals surface area contributed by atoms with Crippen molar-refractivity contribution in [3.8, 4) is 6.07 Å². The minimum Gasteiger partial charge on any atom is -0.349 e. The molecular weight excluding hydrogens is 314 g/mol. The number of hydrogen-bond donors (Lipinski definition) is 1. The minimum atomic E-state index is -0.0734. The highest BCUT2D eigenvalue weighted by Gasteiger charge is 2.26. The molecule has 6 heteroatoms. The number of rotatable bonds is 4. The van der Waals surface area contributed by atoms with Crippen LogP contribution in [0.25, 0.3) is 0 Å². The van der Waals surface area contributed by atoms with Gasteiger partial charge in [0, 0.05) is 31.4 Å². The van der Waals surface area contributed by atoms with E-state index in [0.717, 1.165) is 37.4 Å². The quantitative estimate of drug-likeness (QED) is 0.928. The van der Waals surface area contributed by atoms with Crippen LogP contribution in [0.5, 0.6) is 0 Å². The van der Waals surface area contributed by atoms with Crippen molar-refractivity contribution >= 4 is 11.9 Å². The molecule has 1 N–H and O–H groups in total. The van der Waals surface area contributed by atoms with Gasteiger partial charge >= 0.3 is 0 Å². The van der Waals surface area contributed by atoms with Crippen LogP contribution < -0.4 is 10.2 Å². The van der Waals surface area contributed by atoms with E-state index in [0.29, 0.717) is 5.56 Å². The molecule has 0 spiro atoms. The van der Waals surface area contributed by atoms with Crippen LogP contribution in [0.15, 0.2) is 42.7 Å². The maximum absolute atomic E-state index is 12.5. The molecule has 0 aliphatic carbocycles. The molecule has 3 rings (SSSR count). The Hall–Kier alpha value is -2.94. The Morgan fingerprint density at radius 3 is 2.48 bits per heavy atom. The number of carbonyl (C=O) groups is 1. The van der Waals surface area contributed by atoms with E-state index in [1.807, 2.05) is 19.1 Å². The van der Waals surface area contributed by atoms with Gasteiger partial charge in [0.25, 0.3) is 0 Å². The summed E-state index contributed by atoms with van der Waals surface area (Å²) >= 11 is 0. The second-order valence-corrected chi connectivity index (χ2v) is 6.27. The summed E-state index contributed by atoms with van der Waals surface area (Å²) in [5.41, 5.74) is 1.63. The zero-order chi connectivity index (χ0) is 17.6. The van der Waals surface area contributed by atoms with E-state index < -0.39 is 0 Å². The van der Waals surface area contributed by atoms with Crippen LogP contribution in [0, 0.1) is 17.2 Å². The highest BCUT2D eigenvalue weighted by atomic mass is 16.1. The molecule has 2 aromatic rings. The van der Waals surface area contributed by atoms with Crippen LogP contribution in [-0.4, -0.2) is 29.0 Å². The molecule has 0 unspecified atom stereocenters. The molecule has 1 aromatic carbocycles. The predicted molar refractivity (Wildman–Crippen MR) is 94.7 cm³/mol. The first-order valence-electron chi connectivity index (χ1n) is 8.50. The van der Waals surface area contributed by atoms with Crippen molar-refractivity contribution < 1.29 is 4.79 Å². The SMILES string of the molecule is C[C@@H](NC(=O)C1CCN(c2ncccn2)CC1)c1ccc(C#N)cc1. The molecule has 1 atom stereocenters. The molecule has 0 saturated carbocycles. The lowest BCUT2D eigenvalue weighted by molar-refractivity contribution is -0.126. The maximum atomic E-state index is 12.5. The van der Waals surface area contributed by atoms with E-state index >= 15 is 0 Å². The molecule has 1 amide bonds. The second-order valence-electron chi connectivity index (χ2n) is 6.27. The summed E-state index contributed by atoms with van der Waals surface area (Å²) in [5, 5.41) is 11.9. The maximum Gasteiger partial charge on any atom is 0.225 e. The largest absolute Gasteiger partial charge is 0.349 e. The average molecular weight is 335 g/mol. The molecule has 1 aliphatic rings. The van der Waals surface area contributed by atoms with Crippen molar-refractivity contribution in [2.24, 2.45) is 5.92 Å². The van der Waals surface area contributed by atoms with Gasteiger partial charge in [-0.3, -0.25) is 4.79 Å². The average Bonchev–Trinajstić information content (AvgIpc) is 2.68. The number of anilines is 1. The van der Waals surface area contributed by atoms with Crippen molar-refractivity contribution in [1.82, 2.24) is 15.3 Å². The Bertz CT molecular complexity index is 746. The first-order chi connectivity index (χ1) is 12.2. The lowest BCUT2D eigenvalue weighted by Crippen LogP contribution is -2.41. The third-order valence-corrected chi connectivity index (χ3v) is 4.60. The molecule has 1 aliphatic heterocycles. The normalized spacial score (nSPS) is 16.1. The molecule has 2 heterocycles. The number of nitriles is 1. The van der Waals surface area contributed by atoms with Gasteiger partial charge < -0.3 is 10.2 Å². The molecule has 25 heavy (non-hydrogen) atoms. The van der Waals surface area contributed by atoms with Crippen LogP contribution in [0.1, 0.15) is 36.9 Å². The van der Waals surface area contributed by atoms with E-state index in [-0.39, 0.29) is 17.9 Å². The first-order valence-corrected chi connectivity index (χ1v) is 8.50. The topological polar surface area (TPSA) is 81.9 Å². The third-order valence-electron chi connectivity index (χ3n) is 4.60. The number of nitrogens with zero attached hydrogens (tertiary/aromatic N) is 4. The predicted octanol–water partition coefficient (Wildman–Crippen LogP) is 2.44. The summed E-state index contributed by atoms with van der Waals surface area (Å²) in [6, 6.07) is 11.2. The summed E-state index contributed by atoms with van der Waals surface area (Å²) in [7, 11) is 0.